The summed E-state index contributed by atoms with van der Waals surface area (Å²) in [4.78, 5) is 4.18. The van der Waals surface area contributed by atoms with E-state index in [1.807, 2.05) is 24.3 Å². The molecule has 0 bridgehead atoms. The van der Waals surface area contributed by atoms with Crippen LogP contribution >= 0.6 is 0 Å². The summed E-state index contributed by atoms with van der Waals surface area (Å²) in [6.07, 6.45) is 1.42. The average Bonchev–Trinajstić information content (AvgIpc) is 2.41. The summed E-state index contributed by atoms with van der Waals surface area (Å²) in [6, 6.07) is 11.0. The second kappa shape index (κ2) is 6.02. The molecule has 1 N–H and O–H groups in total. The van der Waals surface area contributed by atoms with Crippen molar-refractivity contribution < 1.29 is 14.6 Å². The lowest BCUT2D eigenvalue weighted by molar-refractivity contribution is 0.146. The van der Waals surface area contributed by atoms with Gasteiger partial charge in [0, 0.05) is 12.7 Å². The summed E-state index contributed by atoms with van der Waals surface area (Å²) in [5.74, 6) is 0.907. The third-order valence-electron chi connectivity index (χ3n) is 2.46. The van der Waals surface area contributed by atoms with E-state index in [-0.39, 0.29) is 5.75 Å². The number of hydrogen-bond donors (Lipinski definition) is 1. The van der Waals surface area contributed by atoms with Gasteiger partial charge in [-0.3, -0.25) is 4.98 Å². The molecule has 0 aliphatic rings. The zero-order valence-electron chi connectivity index (χ0n) is 10.2. The standard InChI is InChI=1S/C14H15NO3/c1-17-8-9-18-14-5-3-2-4-12(14)13-7-6-11(16)10-15-13/h2-7,10,16H,8-9H2,1H3. The van der Waals surface area contributed by atoms with Crippen molar-refractivity contribution in [3.8, 4) is 22.8 Å². The molecule has 0 saturated heterocycles. The van der Waals surface area contributed by atoms with Gasteiger partial charge in [-0.15, -0.1) is 0 Å². The van der Waals surface area contributed by atoms with E-state index in [4.69, 9.17) is 9.47 Å². The van der Waals surface area contributed by atoms with Gasteiger partial charge in [0.25, 0.3) is 0 Å². The summed E-state index contributed by atoms with van der Waals surface area (Å²) >= 11 is 0. The highest BCUT2D eigenvalue weighted by Crippen LogP contribution is 2.28. The Morgan fingerprint density at radius 2 is 1.94 bits per heavy atom. The number of para-hydroxylation sites is 1. The van der Waals surface area contributed by atoms with E-state index in [0.29, 0.717) is 13.2 Å². The fraction of sp³-hybridized carbons (Fsp3) is 0.214. The first-order valence-corrected chi connectivity index (χ1v) is 5.67. The maximum absolute atomic E-state index is 9.24. The lowest BCUT2D eigenvalue weighted by Crippen LogP contribution is -2.05. The van der Waals surface area contributed by atoms with Crippen LogP contribution in [0.1, 0.15) is 0 Å². The quantitative estimate of drug-likeness (QED) is 0.822. The van der Waals surface area contributed by atoms with Crippen LogP contribution in [0, 0.1) is 0 Å². The highest BCUT2D eigenvalue weighted by Gasteiger charge is 2.06. The number of methoxy groups -OCH3 is 1. The molecule has 0 unspecified atom stereocenters. The third-order valence-corrected chi connectivity index (χ3v) is 2.46. The van der Waals surface area contributed by atoms with Gasteiger partial charge in [0.15, 0.2) is 0 Å². The molecule has 0 atom stereocenters. The van der Waals surface area contributed by atoms with Crippen LogP contribution in [0.15, 0.2) is 42.6 Å². The molecule has 0 spiro atoms. The molecule has 94 valence electrons. The fourth-order valence-corrected chi connectivity index (χ4v) is 1.58. The molecule has 4 heteroatoms. The van der Waals surface area contributed by atoms with Crippen LogP contribution in [-0.2, 0) is 4.74 Å². The van der Waals surface area contributed by atoms with Gasteiger partial charge in [0.05, 0.1) is 18.5 Å². The normalized spacial score (nSPS) is 10.3. The SMILES string of the molecule is COCCOc1ccccc1-c1ccc(O)cn1. The van der Waals surface area contributed by atoms with Crippen LogP contribution in [0.3, 0.4) is 0 Å². The first-order valence-electron chi connectivity index (χ1n) is 5.67. The van der Waals surface area contributed by atoms with Crippen LogP contribution in [0.2, 0.25) is 0 Å². The molecule has 1 aromatic heterocycles. The molecule has 0 amide bonds. The van der Waals surface area contributed by atoms with Crippen molar-refractivity contribution in [2.75, 3.05) is 20.3 Å². The summed E-state index contributed by atoms with van der Waals surface area (Å²) in [6.45, 7) is 1.03. The van der Waals surface area contributed by atoms with E-state index in [1.165, 1.54) is 6.20 Å². The molecule has 1 heterocycles. The van der Waals surface area contributed by atoms with Crippen molar-refractivity contribution in [1.29, 1.82) is 0 Å². The maximum atomic E-state index is 9.24. The van der Waals surface area contributed by atoms with Crippen LogP contribution in [0.25, 0.3) is 11.3 Å². The number of nitrogens with zero attached hydrogens (tertiary/aromatic N) is 1. The second-order valence-electron chi connectivity index (χ2n) is 3.74. The van der Waals surface area contributed by atoms with E-state index in [2.05, 4.69) is 4.98 Å². The zero-order chi connectivity index (χ0) is 12.8. The predicted octanol–water partition coefficient (Wildman–Crippen LogP) is 2.48. The Bertz CT molecular complexity index is 497. The molecule has 0 aliphatic carbocycles. The highest BCUT2D eigenvalue weighted by atomic mass is 16.5. The molecule has 0 aliphatic heterocycles. The van der Waals surface area contributed by atoms with Gasteiger partial charge in [0.1, 0.15) is 18.1 Å². The van der Waals surface area contributed by atoms with Crippen molar-refractivity contribution in [2.45, 2.75) is 0 Å². The van der Waals surface area contributed by atoms with E-state index in [1.54, 1.807) is 19.2 Å². The summed E-state index contributed by atoms with van der Waals surface area (Å²) < 4.78 is 10.6. The van der Waals surface area contributed by atoms with Crippen LogP contribution in [0.5, 0.6) is 11.5 Å². The van der Waals surface area contributed by atoms with E-state index in [0.717, 1.165) is 17.0 Å². The van der Waals surface area contributed by atoms with E-state index >= 15 is 0 Å². The molecule has 2 aromatic rings. The van der Waals surface area contributed by atoms with Gasteiger partial charge in [-0.2, -0.15) is 0 Å². The van der Waals surface area contributed by atoms with E-state index in [9.17, 15) is 5.11 Å². The highest BCUT2D eigenvalue weighted by molar-refractivity contribution is 5.67. The Kier molecular flexibility index (Phi) is 4.15. The second-order valence-corrected chi connectivity index (χ2v) is 3.74. The van der Waals surface area contributed by atoms with Gasteiger partial charge in [0.2, 0.25) is 0 Å². The van der Waals surface area contributed by atoms with Crippen molar-refractivity contribution in [1.82, 2.24) is 4.98 Å². The Morgan fingerprint density at radius 1 is 1.11 bits per heavy atom. The van der Waals surface area contributed by atoms with Crippen molar-refractivity contribution in [3.63, 3.8) is 0 Å². The molecule has 18 heavy (non-hydrogen) atoms. The first kappa shape index (κ1) is 12.4. The summed E-state index contributed by atoms with van der Waals surface area (Å²) in [5, 5.41) is 9.24. The molecule has 0 fully saturated rings. The number of benzene rings is 1. The Labute approximate surface area is 106 Å². The third kappa shape index (κ3) is 2.99. The summed E-state index contributed by atoms with van der Waals surface area (Å²) in [7, 11) is 1.64. The average molecular weight is 245 g/mol. The van der Waals surface area contributed by atoms with Gasteiger partial charge < -0.3 is 14.6 Å². The lowest BCUT2D eigenvalue weighted by Gasteiger charge is -2.10. The minimum absolute atomic E-state index is 0.150. The van der Waals surface area contributed by atoms with Crippen molar-refractivity contribution in [3.05, 3.63) is 42.6 Å². The van der Waals surface area contributed by atoms with Crippen LogP contribution in [-0.4, -0.2) is 30.4 Å². The van der Waals surface area contributed by atoms with Gasteiger partial charge in [-0.25, -0.2) is 0 Å². The van der Waals surface area contributed by atoms with Crippen molar-refractivity contribution >= 4 is 0 Å². The molecular formula is C14H15NO3. The monoisotopic (exact) mass is 245 g/mol. The van der Waals surface area contributed by atoms with Gasteiger partial charge >= 0.3 is 0 Å². The Hall–Kier alpha value is -2.07. The summed E-state index contributed by atoms with van der Waals surface area (Å²) in [5.41, 5.74) is 1.66. The zero-order valence-corrected chi connectivity index (χ0v) is 10.2. The fourth-order valence-electron chi connectivity index (χ4n) is 1.58. The number of pyridine rings is 1. The molecule has 1 aromatic carbocycles. The minimum atomic E-state index is 0.150. The topological polar surface area (TPSA) is 51.6 Å². The largest absolute Gasteiger partial charge is 0.506 e. The van der Waals surface area contributed by atoms with E-state index < -0.39 is 0 Å². The molecular weight excluding hydrogens is 230 g/mol. The predicted molar refractivity (Wildman–Crippen MR) is 68.7 cm³/mol. The minimum Gasteiger partial charge on any atom is -0.506 e. The number of aromatic hydroxyl groups is 1. The first-order chi connectivity index (χ1) is 8.81. The van der Waals surface area contributed by atoms with Gasteiger partial charge in [-0.05, 0) is 24.3 Å². The molecule has 0 radical (unpaired) electrons. The molecule has 2 rings (SSSR count). The number of hydrogen-bond acceptors (Lipinski definition) is 4. The smallest absolute Gasteiger partial charge is 0.133 e. The van der Waals surface area contributed by atoms with Gasteiger partial charge in [-0.1, -0.05) is 12.1 Å². The molecule has 4 nitrogen and oxygen atoms in total. The number of aromatic nitrogens is 1. The van der Waals surface area contributed by atoms with Crippen molar-refractivity contribution in [2.24, 2.45) is 0 Å². The maximum Gasteiger partial charge on any atom is 0.133 e. The lowest BCUT2D eigenvalue weighted by atomic mass is 10.1. The number of ether oxygens (including phenoxy) is 2. The van der Waals surface area contributed by atoms with Crippen LogP contribution < -0.4 is 4.74 Å². The number of rotatable bonds is 5. The Morgan fingerprint density at radius 3 is 2.67 bits per heavy atom. The molecule has 0 saturated carbocycles. The van der Waals surface area contributed by atoms with Crippen LogP contribution in [0.4, 0.5) is 0 Å². The Balaban J connectivity index is 2.23.